The highest BCUT2D eigenvalue weighted by atomic mass is 16.3. The first kappa shape index (κ1) is 12.5. The van der Waals surface area contributed by atoms with E-state index >= 15 is 0 Å². The number of aliphatic hydroxyl groups excluding tert-OH is 1. The minimum absolute atomic E-state index is 0.177. The summed E-state index contributed by atoms with van der Waals surface area (Å²) in [5.74, 6) is 0.177. The molecule has 4 heteroatoms. The fourth-order valence-corrected chi connectivity index (χ4v) is 3.00. The van der Waals surface area contributed by atoms with Crippen LogP contribution in [0.2, 0.25) is 0 Å². The van der Waals surface area contributed by atoms with Crippen molar-refractivity contribution in [1.29, 1.82) is 0 Å². The maximum atomic E-state index is 12.7. The van der Waals surface area contributed by atoms with Gasteiger partial charge in [0.25, 0.3) is 0 Å². The lowest BCUT2D eigenvalue weighted by Gasteiger charge is -2.33. The normalized spacial score (nSPS) is 25.1. The summed E-state index contributed by atoms with van der Waals surface area (Å²) >= 11 is 0. The second-order valence-electron chi connectivity index (χ2n) is 5.75. The van der Waals surface area contributed by atoms with Gasteiger partial charge < -0.3 is 15.7 Å². The number of nitrogen functional groups attached to an aromatic ring is 1. The predicted octanol–water partition coefficient (Wildman–Crippen LogP) is 1.28. The van der Waals surface area contributed by atoms with E-state index in [-0.39, 0.29) is 17.4 Å². The van der Waals surface area contributed by atoms with Crippen LogP contribution < -0.4 is 5.73 Å². The van der Waals surface area contributed by atoms with Gasteiger partial charge in [-0.25, -0.2) is 0 Å². The molecule has 1 saturated carbocycles. The summed E-state index contributed by atoms with van der Waals surface area (Å²) in [6.45, 7) is 1.25. The molecule has 0 spiro atoms. The molecule has 19 heavy (non-hydrogen) atoms. The summed E-state index contributed by atoms with van der Waals surface area (Å²) in [4.78, 5) is 14.5. The first-order valence-electron chi connectivity index (χ1n) is 6.95. The van der Waals surface area contributed by atoms with Gasteiger partial charge in [0, 0.05) is 18.8 Å². The van der Waals surface area contributed by atoms with Crippen LogP contribution in [0.4, 0.5) is 5.69 Å². The third-order valence-electron chi connectivity index (χ3n) is 4.31. The molecule has 0 unspecified atom stereocenters. The number of anilines is 1. The first-order valence-corrected chi connectivity index (χ1v) is 6.95. The largest absolute Gasteiger partial charge is 0.399 e. The highest BCUT2D eigenvalue weighted by molar-refractivity contribution is 5.91. The zero-order valence-corrected chi connectivity index (χ0v) is 11.0. The van der Waals surface area contributed by atoms with E-state index in [9.17, 15) is 9.90 Å². The number of piperidine rings is 1. The Morgan fingerprint density at radius 3 is 2.58 bits per heavy atom. The van der Waals surface area contributed by atoms with Gasteiger partial charge in [0.05, 0.1) is 11.5 Å². The van der Waals surface area contributed by atoms with Crippen molar-refractivity contribution in [3.63, 3.8) is 0 Å². The Kier molecular flexibility index (Phi) is 2.97. The quantitative estimate of drug-likeness (QED) is 0.787. The molecule has 3 N–H and O–H groups in total. The minimum atomic E-state index is -0.361. The van der Waals surface area contributed by atoms with E-state index in [4.69, 9.17) is 5.73 Å². The maximum Gasteiger partial charge on any atom is 0.233 e. The third-order valence-corrected chi connectivity index (χ3v) is 4.31. The number of β-amino-alcohol motifs (C(OH)–C–C–N with tert-alkyl or cyclic N) is 1. The zero-order chi connectivity index (χ0) is 13.5. The van der Waals surface area contributed by atoms with E-state index in [0.717, 1.165) is 43.5 Å². The average Bonchev–Trinajstić information content (AvgIpc) is 3.20. The molecule has 4 nitrogen and oxygen atoms in total. The van der Waals surface area contributed by atoms with Crippen molar-refractivity contribution >= 4 is 11.6 Å². The standard InChI is InChI=1S/C15H20N2O2/c16-12-5-3-11(4-6-12)15(7-8-15)14(19)17-9-1-2-13(18)10-17/h3-6,13,18H,1-2,7-10,16H2/t13-/m0/s1. The van der Waals surface area contributed by atoms with Crippen molar-refractivity contribution in [2.24, 2.45) is 0 Å². The molecule has 1 aromatic rings. The molecule has 0 bridgehead atoms. The molecule has 1 aliphatic carbocycles. The molecule has 2 aliphatic rings. The molecule has 0 aromatic heterocycles. The monoisotopic (exact) mass is 260 g/mol. The molecule has 1 atom stereocenters. The number of aliphatic hydroxyl groups is 1. The number of rotatable bonds is 2. The highest BCUT2D eigenvalue weighted by Gasteiger charge is 2.53. The number of amides is 1. The Bertz CT molecular complexity index is 479. The Labute approximate surface area is 113 Å². The van der Waals surface area contributed by atoms with Crippen LogP contribution in [0.3, 0.4) is 0 Å². The molecule has 3 rings (SSSR count). The Balaban J connectivity index is 1.80. The van der Waals surface area contributed by atoms with Gasteiger partial charge in [0.1, 0.15) is 0 Å². The molecule has 0 radical (unpaired) electrons. The number of carbonyl (C=O) groups is 1. The lowest BCUT2D eigenvalue weighted by Crippen LogP contribution is -2.46. The maximum absolute atomic E-state index is 12.7. The lowest BCUT2D eigenvalue weighted by molar-refractivity contribution is -0.137. The lowest BCUT2D eigenvalue weighted by atomic mass is 9.93. The van der Waals surface area contributed by atoms with Crippen LogP contribution in [0.15, 0.2) is 24.3 Å². The van der Waals surface area contributed by atoms with E-state index in [0.29, 0.717) is 6.54 Å². The number of nitrogens with two attached hydrogens (primary N) is 1. The van der Waals surface area contributed by atoms with Gasteiger partial charge >= 0.3 is 0 Å². The smallest absolute Gasteiger partial charge is 0.233 e. The molecule has 1 heterocycles. The molecular weight excluding hydrogens is 240 g/mol. The van der Waals surface area contributed by atoms with E-state index in [1.54, 1.807) is 0 Å². The van der Waals surface area contributed by atoms with Gasteiger partial charge in [-0.1, -0.05) is 12.1 Å². The summed E-state index contributed by atoms with van der Waals surface area (Å²) in [5, 5.41) is 9.71. The number of benzene rings is 1. The summed E-state index contributed by atoms with van der Waals surface area (Å²) in [6, 6.07) is 7.63. The summed E-state index contributed by atoms with van der Waals surface area (Å²) in [5.41, 5.74) is 7.14. The van der Waals surface area contributed by atoms with Gasteiger partial charge in [0.2, 0.25) is 5.91 Å². The van der Waals surface area contributed by atoms with Crippen molar-refractivity contribution in [1.82, 2.24) is 4.90 Å². The van der Waals surface area contributed by atoms with Gasteiger partial charge in [-0.15, -0.1) is 0 Å². The highest BCUT2D eigenvalue weighted by Crippen LogP contribution is 2.50. The molecular formula is C15H20N2O2. The minimum Gasteiger partial charge on any atom is -0.399 e. The third kappa shape index (κ3) is 2.21. The first-order chi connectivity index (χ1) is 9.12. The van der Waals surface area contributed by atoms with E-state index in [1.807, 2.05) is 29.2 Å². The van der Waals surface area contributed by atoms with Crippen molar-refractivity contribution in [2.75, 3.05) is 18.8 Å². The Morgan fingerprint density at radius 2 is 2.00 bits per heavy atom. The van der Waals surface area contributed by atoms with Crippen LogP contribution >= 0.6 is 0 Å². The van der Waals surface area contributed by atoms with E-state index in [2.05, 4.69) is 0 Å². The van der Waals surface area contributed by atoms with E-state index in [1.165, 1.54) is 0 Å². The van der Waals surface area contributed by atoms with Crippen LogP contribution in [0.25, 0.3) is 0 Å². The Morgan fingerprint density at radius 1 is 1.32 bits per heavy atom. The fourth-order valence-electron chi connectivity index (χ4n) is 3.00. The molecule has 1 aromatic carbocycles. The second kappa shape index (κ2) is 4.53. The van der Waals surface area contributed by atoms with Gasteiger partial charge in [-0.3, -0.25) is 4.79 Å². The van der Waals surface area contributed by atoms with Crippen LogP contribution in [0.1, 0.15) is 31.2 Å². The second-order valence-corrected chi connectivity index (χ2v) is 5.75. The molecule has 2 fully saturated rings. The number of hydrogen-bond donors (Lipinski definition) is 2. The van der Waals surface area contributed by atoms with Gasteiger partial charge in [-0.05, 0) is 43.4 Å². The van der Waals surface area contributed by atoms with Crippen molar-refractivity contribution in [3.05, 3.63) is 29.8 Å². The molecule has 1 amide bonds. The van der Waals surface area contributed by atoms with Crippen molar-refractivity contribution in [3.8, 4) is 0 Å². The Hall–Kier alpha value is -1.55. The predicted molar refractivity (Wildman–Crippen MR) is 73.6 cm³/mol. The fraction of sp³-hybridized carbons (Fsp3) is 0.533. The van der Waals surface area contributed by atoms with Crippen LogP contribution in [-0.4, -0.2) is 35.1 Å². The van der Waals surface area contributed by atoms with Crippen LogP contribution in [-0.2, 0) is 10.2 Å². The van der Waals surface area contributed by atoms with Gasteiger partial charge in [-0.2, -0.15) is 0 Å². The number of hydrogen-bond acceptors (Lipinski definition) is 3. The van der Waals surface area contributed by atoms with Gasteiger partial charge in [0.15, 0.2) is 0 Å². The molecule has 1 saturated heterocycles. The SMILES string of the molecule is Nc1ccc(C2(C(=O)N3CCC[C@H](O)C3)CC2)cc1. The van der Waals surface area contributed by atoms with Crippen molar-refractivity contribution < 1.29 is 9.90 Å². The summed E-state index contributed by atoms with van der Waals surface area (Å²) < 4.78 is 0. The zero-order valence-electron chi connectivity index (χ0n) is 11.0. The van der Waals surface area contributed by atoms with Crippen LogP contribution in [0.5, 0.6) is 0 Å². The van der Waals surface area contributed by atoms with E-state index < -0.39 is 0 Å². The average molecular weight is 260 g/mol. The number of likely N-dealkylation sites (tertiary alicyclic amines) is 1. The van der Waals surface area contributed by atoms with Crippen LogP contribution in [0, 0.1) is 0 Å². The number of nitrogens with zero attached hydrogens (tertiary/aromatic N) is 1. The summed E-state index contributed by atoms with van der Waals surface area (Å²) in [6.07, 6.45) is 3.15. The number of carbonyl (C=O) groups excluding carboxylic acids is 1. The summed E-state index contributed by atoms with van der Waals surface area (Å²) in [7, 11) is 0. The van der Waals surface area contributed by atoms with Crippen molar-refractivity contribution in [2.45, 2.75) is 37.2 Å². The molecule has 102 valence electrons. The molecule has 1 aliphatic heterocycles. The topological polar surface area (TPSA) is 66.6 Å².